The molecule has 1 aliphatic rings. The van der Waals surface area contributed by atoms with Gasteiger partial charge >= 0.3 is 5.97 Å². The molecule has 0 fully saturated rings. The highest BCUT2D eigenvalue weighted by Gasteiger charge is 2.30. The molecule has 1 atom stereocenters. The van der Waals surface area contributed by atoms with Crippen molar-refractivity contribution in [3.05, 3.63) is 65.5 Å². The molecule has 130 valence electrons. The monoisotopic (exact) mass is 341 g/mol. The number of para-hydroxylation sites is 1. The Morgan fingerprint density at radius 1 is 1.20 bits per heavy atom. The second-order valence-corrected chi connectivity index (χ2v) is 6.24. The van der Waals surface area contributed by atoms with Crippen molar-refractivity contribution >= 4 is 17.6 Å². The fraction of sp³-hybridized carbons (Fsp3) is 0.300. The molecule has 0 saturated carbocycles. The van der Waals surface area contributed by atoms with E-state index in [4.69, 9.17) is 4.74 Å². The van der Waals surface area contributed by atoms with Crippen molar-refractivity contribution in [3.8, 4) is 0 Å². The molecule has 1 heterocycles. The number of carbonyl (C=O) groups excluding carboxylic acids is 2. The van der Waals surface area contributed by atoms with Crippen molar-refractivity contribution in [2.75, 3.05) is 11.5 Å². The molecule has 1 amide bonds. The van der Waals surface area contributed by atoms with Gasteiger partial charge in [-0.05, 0) is 49.1 Å². The molecular formula is C20H20FNO3. The van der Waals surface area contributed by atoms with E-state index in [1.165, 1.54) is 12.1 Å². The van der Waals surface area contributed by atoms with Crippen LogP contribution in [0.2, 0.25) is 0 Å². The lowest BCUT2D eigenvalue weighted by Crippen LogP contribution is -2.38. The highest BCUT2D eigenvalue weighted by Crippen LogP contribution is 2.31. The summed E-state index contributed by atoms with van der Waals surface area (Å²) in [6.07, 6.45) is 1.30. The van der Waals surface area contributed by atoms with Crippen LogP contribution in [0.5, 0.6) is 0 Å². The summed E-state index contributed by atoms with van der Waals surface area (Å²) >= 11 is 0. The van der Waals surface area contributed by atoms with Gasteiger partial charge in [-0.3, -0.25) is 9.59 Å². The van der Waals surface area contributed by atoms with Crippen LogP contribution in [0.15, 0.2) is 48.5 Å². The van der Waals surface area contributed by atoms with Gasteiger partial charge in [-0.2, -0.15) is 0 Å². The zero-order valence-electron chi connectivity index (χ0n) is 14.1. The van der Waals surface area contributed by atoms with E-state index in [9.17, 15) is 14.0 Å². The fourth-order valence-electron chi connectivity index (χ4n) is 3.17. The Morgan fingerprint density at radius 3 is 2.80 bits per heavy atom. The minimum atomic E-state index is -0.460. The molecule has 4 nitrogen and oxygen atoms in total. The van der Waals surface area contributed by atoms with Gasteiger partial charge in [0.25, 0.3) is 5.91 Å². The molecule has 3 rings (SSSR count). The lowest BCUT2D eigenvalue weighted by atomic mass is 10.1. The average Bonchev–Trinajstić information content (AvgIpc) is 2.93. The van der Waals surface area contributed by atoms with Gasteiger partial charge in [0.1, 0.15) is 5.82 Å². The summed E-state index contributed by atoms with van der Waals surface area (Å²) < 4.78 is 18.2. The van der Waals surface area contributed by atoms with Crippen LogP contribution in [0.4, 0.5) is 10.1 Å². The van der Waals surface area contributed by atoms with Gasteiger partial charge in [0.15, 0.2) is 6.61 Å². The molecule has 0 aliphatic carbocycles. The number of halogens is 1. The van der Waals surface area contributed by atoms with E-state index in [0.717, 1.165) is 23.2 Å². The number of anilines is 1. The van der Waals surface area contributed by atoms with Crippen molar-refractivity contribution in [3.63, 3.8) is 0 Å². The molecule has 2 aromatic carbocycles. The van der Waals surface area contributed by atoms with E-state index in [-0.39, 0.29) is 30.8 Å². The van der Waals surface area contributed by atoms with E-state index in [1.54, 1.807) is 17.0 Å². The van der Waals surface area contributed by atoms with Crippen LogP contribution in [-0.2, 0) is 27.2 Å². The molecular weight excluding hydrogens is 321 g/mol. The smallest absolute Gasteiger partial charge is 0.306 e. The first kappa shape index (κ1) is 17.1. The summed E-state index contributed by atoms with van der Waals surface area (Å²) in [5, 5.41) is 0. The summed E-state index contributed by atoms with van der Waals surface area (Å²) in [4.78, 5) is 26.0. The molecule has 1 unspecified atom stereocenters. The number of nitrogens with zero attached hydrogens (tertiary/aromatic N) is 1. The summed E-state index contributed by atoms with van der Waals surface area (Å²) in [6, 6.07) is 13.9. The lowest BCUT2D eigenvalue weighted by Gasteiger charge is -2.22. The third kappa shape index (κ3) is 4.05. The number of amides is 1. The number of aryl methyl sites for hydroxylation is 1. The standard InChI is InChI=1S/C20H20FNO3/c1-14-11-16-6-2-3-8-18(16)22(14)19(23)13-25-20(24)10-9-15-5-4-7-17(21)12-15/h2-8,12,14H,9-11,13H2,1H3. The first-order chi connectivity index (χ1) is 12.0. The van der Waals surface area contributed by atoms with Crippen molar-refractivity contribution in [1.29, 1.82) is 0 Å². The highest BCUT2D eigenvalue weighted by atomic mass is 19.1. The van der Waals surface area contributed by atoms with Crippen LogP contribution >= 0.6 is 0 Å². The number of rotatable bonds is 5. The van der Waals surface area contributed by atoms with Gasteiger partial charge < -0.3 is 9.64 Å². The number of benzene rings is 2. The van der Waals surface area contributed by atoms with Crippen molar-refractivity contribution in [1.82, 2.24) is 0 Å². The SMILES string of the molecule is CC1Cc2ccccc2N1C(=O)COC(=O)CCc1cccc(F)c1. The Labute approximate surface area is 146 Å². The van der Waals surface area contributed by atoms with Crippen LogP contribution in [-0.4, -0.2) is 24.5 Å². The maximum Gasteiger partial charge on any atom is 0.306 e. The Hall–Kier alpha value is -2.69. The van der Waals surface area contributed by atoms with Crippen LogP contribution in [0.25, 0.3) is 0 Å². The van der Waals surface area contributed by atoms with Crippen LogP contribution in [0.1, 0.15) is 24.5 Å². The molecule has 5 heteroatoms. The molecule has 0 N–H and O–H groups in total. The molecule has 0 spiro atoms. The quantitative estimate of drug-likeness (QED) is 0.784. The van der Waals surface area contributed by atoms with Gasteiger partial charge in [0, 0.05) is 18.2 Å². The topological polar surface area (TPSA) is 46.6 Å². The largest absolute Gasteiger partial charge is 0.456 e. The molecule has 25 heavy (non-hydrogen) atoms. The first-order valence-electron chi connectivity index (χ1n) is 8.34. The Morgan fingerprint density at radius 2 is 2.00 bits per heavy atom. The third-order valence-electron chi connectivity index (χ3n) is 4.34. The number of hydrogen-bond acceptors (Lipinski definition) is 3. The first-order valence-corrected chi connectivity index (χ1v) is 8.34. The fourth-order valence-corrected chi connectivity index (χ4v) is 3.17. The predicted octanol–water partition coefficient (Wildman–Crippen LogP) is 3.28. The highest BCUT2D eigenvalue weighted by molar-refractivity contribution is 5.97. The van der Waals surface area contributed by atoms with Crippen LogP contribution in [0, 0.1) is 5.82 Å². The number of carbonyl (C=O) groups is 2. The van der Waals surface area contributed by atoms with Gasteiger partial charge in [-0.15, -0.1) is 0 Å². The van der Waals surface area contributed by atoms with Gasteiger partial charge in [-0.1, -0.05) is 30.3 Å². The summed E-state index contributed by atoms with van der Waals surface area (Å²) in [5.74, 6) is -1.02. The molecule has 0 bridgehead atoms. The van der Waals surface area contributed by atoms with Crippen LogP contribution in [0.3, 0.4) is 0 Å². The summed E-state index contributed by atoms with van der Waals surface area (Å²) in [6.45, 7) is 1.70. The minimum Gasteiger partial charge on any atom is -0.456 e. The normalized spacial score (nSPS) is 15.8. The number of ether oxygens (including phenoxy) is 1. The summed E-state index contributed by atoms with van der Waals surface area (Å²) in [7, 11) is 0. The molecule has 0 radical (unpaired) electrons. The number of esters is 1. The number of hydrogen-bond donors (Lipinski definition) is 0. The molecule has 2 aromatic rings. The van der Waals surface area contributed by atoms with Gasteiger partial charge in [0.05, 0.1) is 0 Å². The zero-order chi connectivity index (χ0) is 17.8. The molecule has 0 aromatic heterocycles. The maximum atomic E-state index is 13.1. The van der Waals surface area contributed by atoms with E-state index >= 15 is 0 Å². The predicted molar refractivity (Wildman–Crippen MR) is 92.8 cm³/mol. The molecule has 0 saturated heterocycles. The lowest BCUT2D eigenvalue weighted by molar-refractivity contribution is -0.147. The average molecular weight is 341 g/mol. The van der Waals surface area contributed by atoms with Crippen LogP contribution < -0.4 is 4.90 Å². The maximum absolute atomic E-state index is 13.1. The van der Waals surface area contributed by atoms with Crippen molar-refractivity contribution in [2.45, 2.75) is 32.2 Å². The Balaban J connectivity index is 1.51. The van der Waals surface area contributed by atoms with Crippen molar-refractivity contribution in [2.24, 2.45) is 0 Å². The van der Waals surface area contributed by atoms with Crippen molar-refractivity contribution < 1.29 is 18.7 Å². The van der Waals surface area contributed by atoms with Gasteiger partial charge in [-0.25, -0.2) is 4.39 Å². The van der Waals surface area contributed by atoms with E-state index in [0.29, 0.717) is 6.42 Å². The molecule has 1 aliphatic heterocycles. The number of fused-ring (bicyclic) bond motifs is 1. The summed E-state index contributed by atoms with van der Waals surface area (Å²) in [5.41, 5.74) is 2.74. The second kappa shape index (κ2) is 7.47. The minimum absolute atomic E-state index is 0.0518. The van der Waals surface area contributed by atoms with Gasteiger partial charge in [0.2, 0.25) is 0 Å². The van der Waals surface area contributed by atoms with E-state index in [1.807, 2.05) is 31.2 Å². The third-order valence-corrected chi connectivity index (χ3v) is 4.34. The van der Waals surface area contributed by atoms with E-state index in [2.05, 4.69) is 0 Å². The Bertz CT molecular complexity index is 790. The zero-order valence-corrected chi connectivity index (χ0v) is 14.1. The second-order valence-electron chi connectivity index (χ2n) is 6.24. The Kier molecular flexibility index (Phi) is 5.12. The van der Waals surface area contributed by atoms with E-state index < -0.39 is 5.97 Å².